The Kier molecular flexibility index (Phi) is 2.77. The lowest BCUT2D eigenvalue weighted by molar-refractivity contribution is -0.141. The quantitative estimate of drug-likeness (QED) is 0.855. The predicted octanol–water partition coefficient (Wildman–Crippen LogP) is 1.59. The molecule has 0 bridgehead atoms. The number of pyridine rings is 1. The number of nitrogens with one attached hydrogen (secondary N) is 1. The van der Waals surface area contributed by atoms with Crippen LogP contribution in [0.15, 0.2) is 24.5 Å². The number of amides is 1. The topological polar surface area (TPSA) is 84.7 Å². The molecule has 2 aromatic rings. The molecule has 18 heavy (non-hydrogen) atoms. The molecule has 0 fully saturated rings. The third-order valence-electron chi connectivity index (χ3n) is 2.24. The molecular weight excluding hydrogens is 249 g/mol. The summed E-state index contributed by atoms with van der Waals surface area (Å²) in [5.41, 5.74) is 4.33. The van der Waals surface area contributed by atoms with E-state index in [-0.39, 0.29) is 16.8 Å². The van der Waals surface area contributed by atoms with Gasteiger partial charge < -0.3 is 5.73 Å². The molecular formula is C10H7F3N4O. The van der Waals surface area contributed by atoms with Gasteiger partial charge in [-0.15, -0.1) is 0 Å². The van der Waals surface area contributed by atoms with Crippen LogP contribution in [0.1, 0.15) is 16.1 Å². The highest BCUT2D eigenvalue weighted by molar-refractivity contribution is 5.98. The van der Waals surface area contributed by atoms with E-state index in [0.717, 1.165) is 18.5 Å². The highest BCUT2D eigenvalue weighted by atomic mass is 19.4. The maximum atomic E-state index is 12.5. The molecule has 0 aliphatic rings. The number of nitrogens with two attached hydrogens (primary N) is 1. The lowest BCUT2D eigenvalue weighted by atomic mass is 10.1. The van der Waals surface area contributed by atoms with Crippen LogP contribution in [0, 0.1) is 0 Å². The molecule has 0 unspecified atom stereocenters. The molecule has 0 saturated heterocycles. The van der Waals surface area contributed by atoms with Crippen molar-refractivity contribution in [3.8, 4) is 11.3 Å². The van der Waals surface area contributed by atoms with Gasteiger partial charge in [-0.1, -0.05) is 0 Å². The molecule has 1 amide bonds. The molecule has 5 nitrogen and oxygen atoms in total. The van der Waals surface area contributed by atoms with Crippen molar-refractivity contribution < 1.29 is 18.0 Å². The zero-order chi connectivity index (χ0) is 13.3. The summed E-state index contributed by atoms with van der Waals surface area (Å²) in [5, 5.41) is 6.02. The van der Waals surface area contributed by atoms with Crippen molar-refractivity contribution in [2.24, 2.45) is 5.73 Å². The van der Waals surface area contributed by atoms with Gasteiger partial charge in [0.15, 0.2) is 0 Å². The second-order valence-corrected chi connectivity index (χ2v) is 3.45. The fourth-order valence-electron chi connectivity index (χ4n) is 1.43. The van der Waals surface area contributed by atoms with Crippen LogP contribution >= 0.6 is 0 Å². The fourth-order valence-corrected chi connectivity index (χ4v) is 1.43. The van der Waals surface area contributed by atoms with Crippen LogP contribution in [0.3, 0.4) is 0 Å². The molecule has 94 valence electrons. The average Bonchev–Trinajstić information content (AvgIpc) is 2.77. The number of rotatable bonds is 2. The van der Waals surface area contributed by atoms with Crippen LogP contribution < -0.4 is 5.73 Å². The molecule has 0 saturated carbocycles. The number of primary amides is 1. The molecule has 0 atom stereocenters. The van der Waals surface area contributed by atoms with Crippen LogP contribution in [-0.2, 0) is 6.18 Å². The van der Waals surface area contributed by atoms with E-state index >= 15 is 0 Å². The van der Waals surface area contributed by atoms with E-state index in [1.165, 1.54) is 6.07 Å². The standard InChI is InChI=1S/C10H7F3N4O/c11-10(12,13)7-3-5(1-2-15-7)8-6(9(14)18)4-16-17-8/h1-4H,(H2,14,18)(H,16,17). The average molecular weight is 256 g/mol. The number of hydrogen-bond acceptors (Lipinski definition) is 3. The van der Waals surface area contributed by atoms with E-state index in [2.05, 4.69) is 15.2 Å². The van der Waals surface area contributed by atoms with Gasteiger partial charge in [0, 0.05) is 11.8 Å². The Morgan fingerprint density at radius 2 is 2.11 bits per heavy atom. The number of alkyl halides is 3. The van der Waals surface area contributed by atoms with Crippen molar-refractivity contribution >= 4 is 5.91 Å². The monoisotopic (exact) mass is 256 g/mol. The Hall–Kier alpha value is -2.38. The smallest absolute Gasteiger partial charge is 0.365 e. The summed E-state index contributed by atoms with van der Waals surface area (Å²) in [6.45, 7) is 0. The van der Waals surface area contributed by atoms with E-state index in [4.69, 9.17) is 5.73 Å². The van der Waals surface area contributed by atoms with Gasteiger partial charge in [-0.2, -0.15) is 18.3 Å². The van der Waals surface area contributed by atoms with Crippen LogP contribution in [0.2, 0.25) is 0 Å². The van der Waals surface area contributed by atoms with Crippen LogP contribution in [0.4, 0.5) is 13.2 Å². The number of aromatic nitrogens is 3. The summed E-state index contributed by atoms with van der Waals surface area (Å²) < 4.78 is 37.5. The molecule has 0 aliphatic heterocycles. The van der Waals surface area contributed by atoms with Gasteiger partial charge in [0.05, 0.1) is 17.5 Å². The van der Waals surface area contributed by atoms with Crippen molar-refractivity contribution in [3.05, 3.63) is 35.8 Å². The molecule has 0 aromatic carbocycles. The molecule has 2 aromatic heterocycles. The van der Waals surface area contributed by atoms with Gasteiger partial charge in [-0.3, -0.25) is 14.9 Å². The Morgan fingerprint density at radius 3 is 2.72 bits per heavy atom. The lowest BCUT2D eigenvalue weighted by Gasteiger charge is -2.07. The maximum absolute atomic E-state index is 12.5. The summed E-state index contributed by atoms with van der Waals surface area (Å²) in [4.78, 5) is 14.3. The van der Waals surface area contributed by atoms with Crippen LogP contribution in [-0.4, -0.2) is 21.1 Å². The van der Waals surface area contributed by atoms with E-state index in [1.54, 1.807) is 0 Å². The Balaban J connectivity index is 2.52. The number of H-pyrrole nitrogens is 1. The molecule has 3 N–H and O–H groups in total. The van der Waals surface area contributed by atoms with E-state index < -0.39 is 17.8 Å². The lowest BCUT2D eigenvalue weighted by Crippen LogP contribution is -2.11. The van der Waals surface area contributed by atoms with Gasteiger partial charge >= 0.3 is 6.18 Å². The highest BCUT2D eigenvalue weighted by Gasteiger charge is 2.32. The molecule has 0 radical (unpaired) electrons. The molecule has 2 heterocycles. The summed E-state index contributed by atoms with van der Waals surface area (Å²) >= 11 is 0. The third kappa shape index (κ3) is 2.17. The first-order valence-electron chi connectivity index (χ1n) is 4.76. The summed E-state index contributed by atoms with van der Waals surface area (Å²) in [5.74, 6) is -0.774. The van der Waals surface area contributed by atoms with Gasteiger partial charge in [0.25, 0.3) is 5.91 Å². The van der Waals surface area contributed by atoms with Gasteiger partial charge in [0.2, 0.25) is 0 Å². The number of carbonyl (C=O) groups is 1. The van der Waals surface area contributed by atoms with Gasteiger partial charge in [-0.25, -0.2) is 0 Å². The van der Waals surface area contributed by atoms with Crippen molar-refractivity contribution in [1.29, 1.82) is 0 Å². The van der Waals surface area contributed by atoms with Crippen molar-refractivity contribution in [1.82, 2.24) is 15.2 Å². The molecule has 0 spiro atoms. The van der Waals surface area contributed by atoms with Gasteiger partial charge in [-0.05, 0) is 12.1 Å². The summed E-state index contributed by atoms with van der Waals surface area (Å²) in [7, 11) is 0. The fraction of sp³-hybridized carbons (Fsp3) is 0.100. The SMILES string of the molecule is NC(=O)c1cn[nH]c1-c1ccnc(C(F)(F)F)c1. The number of aromatic amines is 1. The second kappa shape index (κ2) is 4.13. The van der Waals surface area contributed by atoms with E-state index in [0.29, 0.717) is 0 Å². The molecule has 8 heteroatoms. The normalized spacial score (nSPS) is 11.5. The zero-order valence-corrected chi connectivity index (χ0v) is 8.82. The number of hydrogen-bond donors (Lipinski definition) is 2. The number of nitrogens with zero attached hydrogens (tertiary/aromatic N) is 2. The summed E-state index contributed by atoms with van der Waals surface area (Å²) in [6, 6.07) is 2.15. The van der Waals surface area contributed by atoms with E-state index in [1.807, 2.05) is 0 Å². The molecule has 2 rings (SSSR count). The van der Waals surface area contributed by atoms with E-state index in [9.17, 15) is 18.0 Å². The Morgan fingerprint density at radius 1 is 1.39 bits per heavy atom. The first kappa shape index (κ1) is 12.1. The largest absolute Gasteiger partial charge is 0.433 e. The Labute approximate surface area is 98.8 Å². The maximum Gasteiger partial charge on any atom is 0.433 e. The first-order valence-corrected chi connectivity index (χ1v) is 4.76. The van der Waals surface area contributed by atoms with Gasteiger partial charge in [0.1, 0.15) is 5.69 Å². The van der Waals surface area contributed by atoms with Crippen LogP contribution in [0.5, 0.6) is 0 Å². The third-order valence-corrected chi connectivity index (χ3v) is 2.24. The van der Waals surface area contributed by atoms with Crippen molar-refractivity contribution in [2.75, 3.05) is 0 Å². The Bertz CT molecular complexity index is 591. The first-order chi connectivity index (χ1) is 8.39. The van der Waals surface area contributed by atoms with Crippen molar-refractivity contribution in [3.63, 3.8) is 0 Å². The number of halogens is 3. The second-order valence-electron chi connectivity index (χ2n) is 3.45. The minimum absolute atomic E-state index is 0.0225. The minimum atomic E-state index is -4.55. The highest BCUT2D eigenvalue weighted by Crippen LogP contribution is 2.30. The van der Waals surface area contributed by atoms with Crippen LogP contribution in [0.25, 0.3) is 11.3 Å². The predicted molar refractivity (Wildman–Crippen MR) is 55.3 cm³/mol. The minimum Gasteiger partial charge on any atom is -0.365 e. The zero-order valence-electron chi connectivity index (χ0n) is 8.82. The number of carbonyl (C=O) groups excluding carboxylic acids is 1. The van der Waals surface area contributed by atoms with Crippen molar-refractivity contribution in [2.45, 2.75) is 6.18 Å². The molecule has 0 aliphatic carbocycles. The summed E-state index contributed by atoms with van der Waals surface area (Å²) in [6.07, 6.45) is -2.39.